The molecule has 36 heavy (non-hydrogen) atoms. The number of carbonyl (C=O) groups is 1. The molecule has 5 rings (SSSR count). The van der Waals surface area contributed by atoms with Crippen LogP contribution in [0.25, 0.3) is 33.7 Å². The van der Waals surface area contributed by atoms with Crippen molar-refractivity contribution < 1.29 is 9.53 Å². The molecular formula is C25H20ClN5O4S. The van der Waals surface area contributed by atoms with Crippen molar-refractivity contribution in [3.05, 3.63) is 85.5 Å². The number of nitrogens with one attached hydrogen (secondary N) is 2. The van der Waals surface area contributed by atoms with Gasteiger partial charge in [-0.15, -0.1) is 11.3 Å². The smallest absolute Gasteiger partial charge is 0.333 e. The molecular weight excluding hydrogens is 502 g/mol. The topological polar surface area (TPSA) is 111 Å². The summed E-state index contributed by atoms with van der Waals surface area (Å²) in [4.78, 5) is 45.0. The van der Waals surface area contributed by atoms with Gasteiger partial charge < -0.3 is 15.0 Å². The van der Waals surface area contributed by atoms with Crippen LogP contribution in [0.3, 0.4) is 0 Å². The van der Waals surface area contributed by atoms with Crippen LogP contribution in [0, 0.1) is 6.92 Å². The van der Waals surface area contributed by atoms with Crippen LogP contribution in [-0.4, -0.2) is 32.1 Å². The maximum absolute atomic E-state index is 13.7. The first kappa shape index (κ1) is 23.6. The van der Waals surface area contributed by atoms with Gasteiger partial charge in [-0.1, -0.05) is 29.8 Å². The van der Waals surface area contributed by atoms with Gasteiger partial charge in [-0.2, -0.15) is 0 Å². The molecule has 0 radical (unpaired) electrons. The summed E-state index contributed by atoms with van der Waals surface area (Å²) in [5.41, 5.74) is 2.71. The lowest BCUT2D eigenvalue weighted by molar-refractivity contribution is -0.114. The van der Waals surface area contributed by atoms with E-state index in [4.69, 9.17) is 16.3 Å². The van der Waals surface area contributed by atoms with Crippen molar-refractivity contribution in [1.82, 2.24) is 19.1 Å². The number of carbonyl (C=O) groups excluding carboxylic acids is 1. The molecule has 0 aliphatic carbocycles. The number of aromatic amines is 1. The zero-order valence-corrected chi connectivity index (χ0v) is 21.0. The van der Waals surface area contributed by atoms with E-state index in [1.165, 1.54) is 25.4 Å². The second kappa shape index (κ2) is 9.14. The standard InChI is InChI=1S/C25H20ClN5O4S/c1-13-19(5-4-6-20(13)35-3)31-23(33)22-17(29-25(31)34)11-21(26)30(22)16-9-7-15(8-10-16)18-12-36-24(28-18)27-14(2)32/h4-12H,1-3H3,(H,29,34)(H,27,28,32). The van der Waals surface area contributed by atoms with Gasteiger partial charge in [0.2, 0.25) is 5.91 Å². The highest BCUT2D eigenvalue weighted by atomic mass is 35.5. The molecule has 1 amide bonds. The summed E-state index contributed by atoms with van der Waals surface area (Å²) >= 11 is 7.86. The molecule has 11 heteroatoms. The van der Waals surface area contributed by atoms with Gasteiger partial charge in [0, 0.05) is 29.1 Å². The van der Waals surface area contributed by atoms with Crippen LogP contribution in [0.15, 0.2) is 63.5 Å². The van der Waals surface area contributed by atoms with Gasteiger partial charge in [0.05, 0.1) is 24.0 Å². The Hall–Kier alpha value is -4.15. The van der Waals surface area contributed by atoms with Crippen molar-refractivity contribution in [2.24, 2.45) is 0 Å². The lowest BCUT2D eigenvalue weighted by atomic mass is 10.1. The number of thiazole rings is 1. The number of anilines is 1. The summed E-state index contributed by atoms with van der Waals surface area (Å²) in [5.74, 6) is 0.375. The van der Waals surface area contributed by atoms with E-state index < -0.39 is 11.2 Å². The lowest BCUT2D eigenvalue weighted by Gasteiger charge is -2.13. The van der Waals surface area contributed by atoms with Crippen LogP contribution < -0.4 is 21.3 Å². The quantitative estimate of drug-likeness (QED) is 0.353. The molecule has 5 aromatic rings. The first-order valence-electron chi connectivity index (χ1n) is 10.8. The van der Waals surface area contributed by atoms with E-state index in [1.807, 2.05) is 29.6 Å². The van der Waals surface area contributed by atoms with Crippen molar-refractivity contribution in [2.45, 2.75) is 13.8 Å². The van der Waals surface area contributed by atoms with Crippen LogP contribution in [0.1, 0.15) is 12.5 Å². The Morgan fingerprint density at radius 2 is 1.89 bits per heavy atom. The molecule has 0 unspecified atom stereocenters. The number of amides is 1. The Bertz CT molecular complexity index is 1750. The van der Waals surface area contributed by atoms with Crippen LogP contribution >= 0.6 is 22.9 Å². The third kappa shape index (κ3) is 4.00. The normalized spacial score (nSPS) is 11.1. The fourth-order valence-corrected chi connectivity index (χ4v) is 5.14. The molecule has 0 fully saturated rings. The largest absolute Gasteiger partial charge is 0.496 e. The monoisotopic (exact) mass is 521 g/mol. The molecule has 2 N–H and O–H groups in total. The van der Waals surface area contributed by atoms with E-state index in [2.05, 4.69) is 15.3 Å². The third-order valence-electron chi connectivity index (χ3n) is 5.73. The highest BCUT2D eigenvalue weighted by Crippen LogP contribution is 2.29. The van der Waals surface area contributed by atoms with Gasteiger partial charge in [-0.3, -0.25) is 14.2 Å². The van der Waals surface area contributed by atoms with Crippen molar-refractivity contribution in [1.29, 1.82) is 0 Å². The summed E-state index contributed by atoms with van der Waals surface area (Å²) in [7, 11) is 1.53. The zero-order valence-electron chi connectivity index (χ0n) is 19.5. The minimum Gasteiger partial charge on any atom is -0.496 e. The molecule has 0 aliphatic heterocycles. The Kier molecular flexibility index (Phi) is 5.99. The third-order valence-corrected chi connectivity index (χ3v) is 6.77. The summed E-state index contributed by atoms with van der Waals surface area (Å²) in [6.45, 7) is 3.21. The number of rotatable bonds is 5. The van der Waals surface area contributed by atoms with E-state index in [-0.39, 0.29) is 16.6 Å². The molecule has 0 saturated heterocycles. The first-order valence-corrected chi connectivity index (χ1v) is 12.1. The van der Waals surface area contributed by atoms with Crippen LogP contribution in [-0.2, 0) is 4.79 Å². The number of nitrogens with zero attached hydrogens (tertiary/aromatic N) is 3. The maximum atomic E-state index is 13.7. The minimum absolute atomic E-state index is 0.187. The lowest BCUT2D eigenvalue weighted by Crippen LogP contribution is -2.34. The summed E-state index contributed by atoms with van der Waals surface area (Å²) in [6.07, 6.45) is 0. The molecule has 0 saturated carbocycles. The summed E-state index contributed by atoms with van der Waals surface area (Å²) in [6, 6.07) is 14.0. The van der Waals surface area contributed by atoms with Crippen LogP contribution in [0.5, 0.6) is 5.75 Å². The summed E-state index contributed by atoms with van der Waals surface area (Å²) < 4.78 is 8.04. The molecule has 0 atom stereocenters. The maximum Gasteiger partial charge on any atom is 0.333 e. The second-order valence-corrected chi connectivity index (χ2v) is 9.25. The predicted molar refractivity (Wildman–Crippen MR) is 141 cm³/mol. The second-order valence-electron chi connectivity index (χ2n) is 8.01. The Morgan fingerprint density at radius 1 is 1.14 bits per heavy atom. The number of methoxy groups -OCH3 is 1. The van der Waals surface area contributed by atoms with Gasteiger partial charge >= 0.3 is 5.69 Å². The number of aromatic nitrogens is 4. The van der Waals surface area contributed by atoms with Gasteiger partial charge in [0.15, 0.2) is 5.13 Å². The molecule has 9 nitrogen and oxygen atoms in total. The van der Waals surface area contributed by atoms with Crippen LogP contribution in [0.2, 0.25) is 5.15 Å². The summed E-state index contributed by atoms with van der Waals surface area (Å²) in [5, 5.41) is 5.30. The zero-order chi connectivity index (χ0) is 25.6. The van der Waals surface area contributed by atoms with E-state index >= 15 is 0 Å². The number of H-pyrrole nitrogens is 1. The highest BCUT2D eigenvalue weighted by molar-refractivity contribution is 7.14. The number of halogens is 1. The minimum atomic E-state index is -0.577. The van der Waals surface area contributed by atoms with Crippen LogP contribution in [0.4, 0.5) is 5.13 Å². The van der Waals surface area contributed by atoms with Gasteiger partial charge in [0.1, 0.15) is 16.4 Å². The number of hydrogen-bond acceptors (Lipinski definition) is 6. The SMILES string of the molecule is COc1cccc(-n2c(=O)[nH]c3cc(Cl)n(-c4ccc(-c5csc(NC(C)=O)n5)cc4)c3c2=O)c1C. The highest BCUT2D eigenvalue weighted by Gasteiger charge is 2.19. The van der Waals surface area contributed by atoms with Crippen molar-refractivity contribution in [2.75, 3.05) is 12.4 Å². The molecule has 182 valence electrons. The van der Waals surface area contributed by atoms with Gasteiger partial charge in [-0.25, -0.2) is 14.3 Å². The van der Waals surface area contributed by atoms with E-state index in [0.717, 1.165) is 10.1 Å². The molecule has 0 bridgehead atoms. The molecule has 0 aliphatic rings. The predicted octanol–water partition coefficient (Wildman–Crippen LogP) is 4.52. The Labute approximate surface area is 213 Å². The Morgan fingerprint density at radius 3 is 2.58 bits per heavy atom. The molecule has 3 heterocycles. The van der Waals surface area contributed by atoms with E-state index in [0.29, 0.717) is 39.0 Å². The molecule has 3 aromatic heterocycles. The molecule has 2 aromatic carbocycles. The Balaban J connectivity index is 1.63. The fourth-order valence-electron chi connectivity index (χ4n) is 4.09. The van der Waals surface area contributed by atoms with Crippen molar-refractivity contribution in [3.63, 3.8) is 0 Å². The molecule has 0 spiro atoms. The van der Waals surface area contributed by atoms with Crippen molar-refractivity contribution in [3.8, 4) is 28.4 Å². The number of fused-ring (bicyclic) bond motifs is 1. The van der Waals surface area contributed by atoms with Gasteiger partial charge in [-0.05, 0) is 37.3 Å². The number of hydrogen-bond donors (Lipinski definition) is 2. The average Bonchev–Trinajstić information content (AvgIpc) is 3.43. The van der Waals surface area contributed by atoms with Crippen molar-refractivity contribution >= 4 is 45.0 Å². The first-order chi connectivity index (χ1) is 17.3. The number of ether oxygens (including phenoxy) is 1. The average molecular weight is 522 g/mol. The fraction of sp³-hybridized carbons (Fsp3) is 0.120. The number of benzene rings is 2. The van der Waals surface area contributed by atoms with Gasteiger partial charge in [0.25, 0.3) is 5.56 Å². The van der Waals surface area contributed by atoms with E-state index in [1.54, 1.807) is 35.8 Å². The van der Waals surface area contributed by atoms with E-state index in [9.17, 15) is 14.4 Å².